The van der Waals surface area contributed by atoms with Crippen LogP contribution in [0.1, 0.15) is 20.7 Å². The fourth-order valence-corrected chi connectivity index (χ4v) is 6.30. The summed E-state index contributed by atoms with van der Waals surface area (Å²) in [4.78, 5) is 38.8. The van der Waals surface area contributed by atoms with Crippen molar-refractivity contribution in [1.29, 1.82) is 0 Å². The number of amides is 2. The number of hydrogen-bond acceptors (Lipinski definition) is 9. The summed E-state index contributed by atoms with van der Waals surface area (Å²) in [5.41, 5.74) is 3.44. The second-order valence-corrected chi connectivity index (χ2v) is 11.9. The molecule has 0 bridgehead atoms. The average molecular weight is 628 g/mol. The van der Waals surface area contributed by atoms with Crippen LogP contribution in [0.2, 0.25) is 10.0 Å². The number of aromatic nitrogens is 3. The Morgan fingerprint density at radius 2 is 1.60 bits per heavy atom. The Bertz CT molecular complexity index is 1730. The topological polar surface area (TPSA) is 158 Å². The van der Waals surface area contributed by atoms with Gasteiger partial charge in [-0.1, -0.05) is 29.3 Å². The first kappa shape index (κ1) is 29.4. The normalized spacial score (nSPS) is 13.9. The lowest BCUT2D eigenvalue weighted by molar-refractivity contribution is 0.0705. The Labute approximate surface area is 251 Å². The van der Waals surface area contributed by atoms with E-state index < -0.39 is 21.8 Å². The van der Waals surface area contributed by atoms with Gasteiger partial charge in [-0.25, -0.2) is 23.9 Å². The third-order valence-electron chi connectivity index (χ3n) is 6.51. The molecule has 0 unspecified atom stereocenters. The Morgan fingerprint density at radius 3 is 2.24 bits per heavy atom. The van der Waals surface area contributed by atoms with Crippen LogP contribution in [0, 0.1) is 0 Å². The van der Waals surface area contributed by atoms with E-state index in [2.05, 4.69) is 20.3 Å². The molecule has 0 aliphatic carbocycles. The summed E-state index contributed by atoms with van der Waals surface area (Å²) in [6.07, 6.45) is 4.17. The minimum atomic E-state index is -3.91. The molecule has 15 heteroatoms. The van der Waals surface area contributed by atoms with Crippen LogP contribution >= 0.6 is 23.2 Å². The van der Waals surface area contributed by atoms with Crippen molar-refractivity contribution < 1.29 is 23.2 Å². The van der Waals surface area contributed by atoms with Gasteiger partial charge in [0.05, 0.1) is 31.8 Å². The lowest BCUT2D eigenvalue weighted by Gasteiger charge is -2.34. The van der Waals surface area contributed by atoms with Crippen molar-refractivity contribution >= 4 is 56.7 Å². The van der Waals surface area contributed by atoms with Gasteiger partial charge in [0.1, 0.15) is 0 Å². The van der Waals surface area contributed by atoms with E-state index in [1.807, 2.05) is 6.07 Å². The van der Waals surface area contributed by atoms with Crippen LogP contribution < -0.4 is 15.7 Å². The maximum Gasteiger partial charge on any atom is 0.277 e. The summed E-state index contributed by atoms with van der Waals surface area (Å²) in [6.45, 7) is 0.917. The van der Waals surface area contributed by atoms with Crippen molar-refractivity contribution in [2.24, 2.45) is 0 Å². The zero-order valence-electron chi connectivity index (χ0n) is 21.7. The number of pyridine rings is 1. The first-order valence-corrected chi connectivity index (χ1v) is 14.7. The van der Waals surface area contributed by atoms with E-state index in [-0.39, 0.29) is 34.1 Å². The Balaban J connectivity index is 1.25. The summed E-state index contributed by atoms with van der Waals surface area (Å²) in [6, 6.07) is 14.4. The maximum atomic E-state index is 13.3. The van der Waals surface area contributed by atoms with Crippen LogP contribution in [0.3, 0.4) is 0 Å². The van der Waals surface area contributed by atoms with Gasteiger partial charge in [-0.2, -0.15) is 4.31 Å². The van der Waals surface area contributed by atoms with Crippen LogP contribution in [0.25, 0.3) is 11.3 Å². The van der Waals surface area contributed by atoms with Gasteiger partial charge >= 0.3 is 0 Å². The van der Waals surface area contributed by atoms with Gasteiger partial charge in [0.15, 0.2) is 0 Å². The lowest BCUT2D eigenvalue weighted by Crippen LogP contribution is -2.49. The molecule has 0 atom stereocenters. The quantitative estimate of drug-likeness (QED) is 0.205. The van der Waals surface area contributed by atoms with E-state index in [0.717, 1.165) is 0 Å². The number of benzene rings is 2. The summed E-state index contributed by atoms with van der Waals surface area (Å²) in [5, 5.41) is 11.9. The molecule has 0 saturated carbocycles. The number of carbonyl (C=O) groups excluding carboxylic acids is 2. The smallest absolute Gasteiger partial charge is 0.277 e. The van der Waals surface area contributed by atoms with Crippen molar-refractivity contribution in [2.75, 3.05) is 36.4 Å². The number of nitrogens with zero attached hydrogens (tertiary/aromatic N) is 5. The number of halogens is 2. The van der Waals surface area contributed by atoms with Crippen LogP contribution in [0.15, 0.2) is 78.1 Å². The molecule has 0 radical (unpaired) electrons. The van der Waals surface area contributed by atoms with E-state index in [1.54, 1.807) is 41.4 Å². The fourth-order valence-electron chi connectivity index (χ4n) is 4.30. The van der Waals surface area contributed by atoms with Crippen LogP contribution in [-0.2, 0) is 10.0 Å². The van der Waals surface area contributed by atoms with Crippen LogP contribution in [0.4, 0.5) is 11.6 Å². The number of anilines is 2. The molecule has 1 fully saturated rings. The number of hydrogen-bond donors (Lipinski definition) is 3. The maximum absolute atomic E-state index is 13.3. The molecule has 1 aliphatic heterocycles. The monoisotopic (exact) mass is 627 g/mol. The van der Waals surface area contributed by atoms with Gasteiger partial charge in [0, 0.05) is 56.0 Å². The molecule has 4 aromatic rings. The van der Waals surface area contributed by atoms with E-state index in [1.165, 1.54) is 40.4 Å². The number of rotatable bonds is 7. The standard InChI is InChI=1S/C27H23Cl2N7O5S/c28-22-7-4-18(13-21(22)24-3-1-2-8-30-24)33-26(38)20-6-5-19(14-23(20)29)42(40,41)36-11-9-35(10-12-36)27-31-15-17(16-32-27)25(37)34-39/h1-8,13-16,39H,9-12H2,(H,33,38)(H,34,37). The fraction of sp³-hybridized carbons (Fsp3) is 0.148. The third-order valence-corrected chi connectivity index (χ3v) is 9.05. The number of sulfonamides is 1. The molecule has 0 spiro atoms. The van der Waals surface area contributed by atoms with Crippen molar-refractivity contribution in [3.8, 4) is 11.3 Å². The molecular formula is C27H23Cl2N7O5S. The van der Waals surface area contributed by atoms with Crippen molar-refractivity contribution in [3.05, 3.63) is 94.4 Å². The largest absolute Gasteiger partial charge is 0.338 e. The highest BCUT2D eigenvalue weighted by Gasteiger charge is 2.30. The highest BCUT2D eigenvalue weighted by Crippen LogP contribution is 2.30. The molecular weight excluding hydrogens is 605 g/mol. The molecule has 5 rings (SSSR count). The minimum absolute atomic E-state index is 0.0217. The van der Waals surface area contributed by atoms with E-state index in [0.29, 0.717) is 41.0 Å². The zero-order chi connectivity index (χ0) is 29.9. The highest BCUT2D eigenvalue weighted by molar-refractivity contribution is 7.89. The predicted molar refractivity (Wildman–Crippen MR) is 156 cm³/mol. The SMILES string of the molecule is O=C(NO)c1cnc(N2CCN(S(=O)(=O)c3ccc(C(=O)Nc4ccc(Cl)c(-c5ccccn5)c4)c(Cl)c3)CC2)nc1. The molecule has 1 aliphatic rings. The van der Waals surface area contributed by atoms with E-state index in [4.69, 9.17) is 28.4 Å². The van der Waals surface area contributed by atoms with Crippen molar-refractivity contribution in [2.45, 2.75) is 4.90 Å². The Kier molecular flexibility index (Phi) is 8.66. The van der Waals surface area contributed by atoms with Crippen molar-refractivity contribution in [3.63, 3.8) is 0 Å². The molecule has 42 heavy (non-hydrogen) atoms. The second kappa shape index (κ2) is 12.4. The van der Waals surface area contributed by atoms with E-state index >= 15 is 0 Å². The number of carbonyl (C=O) groups is 2. The molecule has 216 valence electrons. The van der Waals surface area contributed by atoms with Gasteiger partial charge in [0.25, 0.3) is 11.8 Å². The molecule has 1 saturated heterocycles. The van der Waals surface area contributed by atoms with Gasteiger partial charge in [0.2, 0.25) is 16.0 Å². The summed E-state index contributed by atoms with van der Waals surface area (Å²) in [7, 11) is -3.91. The number of nitrogens with one attached hydrogen (secondary N) is 2. The molecule has 3 heterocycles. The highest BCUT2D eigenvalue weighted by atomic mass is 35.5. The Morgan fingerprint density at radius 1 is 0.857 bits per heavy atom. The van der Waals surface area contributed by atoms with Gasteiger partial charge in [-0.3, -0.25) is 19.8 Å². The summed E-state index contributed by atoms with van der Waals surface area (Å²) in [5.74, 6) is -0.929. The first-order chi connectivity index (χ1) is 20.2. The number of hydroxylamine groups is 1. The first-order valence-electron chi connectivity index (χ1n) is 12.5. The lowest BCUT2D eigenvalue weighted by atomic mass is 10.1. The molecule has 2 aromatic heterocycles. The minimum Gasteiger partial charge on any atom is -0.338 e. The summed E-state index contributed by atoms with van der Waals surface area (Å²) >= 11 is 12.7. The van der Waals surface area contributed by atoms with Gasteiger partial charge < -0.3 is 10.2 Å². The number of piperazine rings is 1. The predicted octanol–water partition coefficient (Wildman–Crippen LogP) is 3.73. The molecule has 3 N–H and O–H groups in total. The van der Waals surface area contributed by atoms with Crippen LogP contribution in [0.5, 0.6) is 0 Å². The Hall–Kier alpha value is -4.14. The zero-order valence-corrected chi connectivity index (χ0v) is 24.1. The van der Waals surface area contributed by atoms with E-state index in [9.17, 15) is 18.0 Å². The average Bonchev–Trinajstić information content (AvgIpc) is 3.02. The van der Waals surface area contributed by atoms with Gasteiger partial charge in [-0.15, -0.1) is 0 Å². The van der Waals surface area contributed by atoms with Gasteiger partial charge in [-0.05, 0) is 48.5 Å². The summed E-state index contributed by atoms with van der Waals surface area (Å²) < 4.78 is 28.0. The molecule has 12 nitrogen and oxygen atoms in total. The third kappa shape index (κ3) is 6.20. The van der Waals surface area contributed by atoms with Crippen molar-refractivity contribution in [1.82, 2.24) is 24.7 Å². The molecule has 2 amide bonds. The second-order valence-electron chi connectivity index (χ2n) is 9.11. The van der Waals surface area contributed by atoms with Crippen LogP contribution in [-0.4, -0.2) is 70.9 Å². The molecule has 2 aromatic carbocycles.